The number of fused-ring (bicyclic) bond motifs is 1. The Morgan fingerprint density at radius 2 is 2.08 bits per heavy atom. The second-order valence-electron chi connectivity index (χ2n) is 8.89. The number of likely N-dealkylation sites (tertiary alicyclic amines) is 1. The summed E-state index contributed by atoms with van der Waals surface area (Å²) in [6.07, 6.45) is 4.91. The van der Waals surface area contributed by atoms with Gasteiger partial charge in [0.25, 0.3) is 5.91 Å². The first-order valence-electron chi connectivity index (χ1n) is 11.6. The molecule has 1 fully saturated rings. The zero-order valence-electron chi connectivity index (χ0n) is 20.0. The van der Waals surface area contributed by atoms with Crippen LogP contribution in [0.25, 0.3) is 16.9 Å². The van der Waals surface area contributed by atoms with Crippen LogP contribution in [0.5, 0.6) is 5.75 Å². The molecule has 10 heteroatoms. The molecule has 2 aromatic heterocycles. The van der Waals surface area contributed by atoms with E-state index < -0.39 is 11.9 Å². The van der Waals surface area contributed by atoms with Crippen molar-refractivity contribution in [3.8, 4) is 17.0 Å². The number of aromatic nitrogens is 3. The Labute approximate surface area is 207 Å². The van der Waals surface area contributed by atoms with Crippen LogP contribution in [-0.4, -0.2) is 62.6 Å². The van der Waals surface area contributed by atoms with E-state index in [-0.39, 0.29) is 24.2 Å². The highest BCUT2D eigenvalue weighted by molar-refractivity contribution is 5.96. The molecule has 4 N–H and O–H groups in total. The molecule has 0 saturated carbocycles. The third-order valence-electron chi connectivity index (χ3n) is 6.52. The molecule has 1 aliphatic rings. The molecule has 2 atom stereocenters. The van der Waals surface area contributed by atoms with E-state index in [0.717, 1.165) is 11.3 Å². The van der Waals surface area contributed by atoms with Gasteiger partial charge < -0.3 is 25.8 Å². The number of nitrogens with zero attached hydrogens (tertiary/aromatic N) is 4. The van der Waals surface area contributed by atoms with Crippen LogP contribution < -0.4 is 15.8 Å². The summed E-state index contributed by atoms with van der Waals surface area (Å²) in [5.41, 5.74) is 9.89. The summed E-state index contributed by atoms with van der Waals surface area (Å²) in [6.45, 7) is 2.61. The fourth-order valence-corrected chi connectivity index (χ4v) is 4.47. The van der Waals surface area contributed by atoms with Crippen molar-refractivity contribution in [3.63, 3.8) is 0 Å². The summed E-state index contributed by atoms with van der Waals surface area (Å²) in [7, 11) is 1.42. The van der Waals surface area contributed by atoms with Gasteiger partial charge in [-0.05, 0) is 55.3 Å². The van der Waals surface area contributed by atoms with Crippen molar-refractivity contribution >= 4 is 23.1 Å². The van der Waals surface area contributed by atoms with E-state index in [9.17, 15) is 14.3 Å². The van der Waals surface area contributed by atoms with Crippen LogP contribution in [0.15, 0.2) is 55.0 Å². The first-order chi connectivity index (χ1) is 17.4. The number of imidazole rings is 1. The molecule has 1 amide bonds. The minimum Gasteiger partial charge on any atom is -0.494 e. The maximum Gasteiger partial charge on any atom is 0.254 e. The number of carbonyl (C=O) groups is 1. The number of piperidine rings is 1. The van der Waals surface area contributed by atoms with E-state index in [2.05, 4.69) is 15.3 Å². The number of anilines is 2. The van der Waals surface area contributed by atoms with Gasteiger partial charge in [0, 0.05) is 48.3 Å². The molecular weight excluding hydrogens is 463 g/mol. The second kappa shape index (κ2) is 9.56. The number of carbonyl (C=O) groups excluding carboxylic acids is 1. The minimum atomic E-state index is -0.718. The standard InChI is InChI=1S/C26H27FN6O3/c1-15-11-17(4-5-18(15)26(35)32-9-7-20(28)22(34)14-32)31-24-25-30-13-21(33(25)10-8-29-24)16-3-6-23(36-2)19(27)12-16/h3-6,8,10-13,20,22,34H,7,9,14,28H2,1-2H3,(H,29,31)/t20-,22+/m1/s1. The number of benzene rings is 2. The maximum atomic E-state index is 14.3. The van der Waals surface area contributed by atoms with Crippen LogP contribution in [0.2, 0.25) is 0 Å². The lowest BCUT2D eigenvalue weighted by Crippen LogP contribution is -2.52. The SMILES string of the molecule is COc1ccc(-c2cnc3c(Nc4ccc(C(=O)N5CC[C@@H](N)[C@@H](O)C5)c(C)c4)nccn23)cc1F. The number of methoxy groups -OCH3 is 1. The molecule has 3 heterocycles. The fourth-order valence-electron chi connectivity index (χ4n) is 4.47. The van der Waals surface area contributed by atoms with Crippen molar-refractivity contribution < 1.29 is 19.0 Å². The number of aliphatic hydroxyl groups excluding tert-OH is 1. The summed E-state index contributed by atoms with van der Waals surface area (Å²) in [5, 5.41) is 13.3. The molecule has 1 aliphatic heterocycles. The van der Waals surface area contributed by atoms with Gasteiger partial charge in [0.15, 0.2) is 23.0 Å². The van der Waals surface area contributed by atoms with Crippen molar-refractivity contribution in [3.05, 3.63) is 71.9 Å². The molecule has 4 aromatic rings. The largest absolute Gasteiger partial charge is 0.494 e. The zero-order chi connectivity index (χ0) is 25.4. The number of nitrogens with two attached hydrogens (primary N) is 1. The van der Waals surface area contributed by atoms with Crippen molar-refractivity contribution in [2.24, 2.45) is 5.73 Å². The summed E-state index contributed by atoms with van der Waals surface area (Å²) in [5.74, 6) is 0.109. The van der Waals surface area contributed by atoms with Crippen molar-refractivity contribution in [1.29, 1.82) is 0 Å². The molecule has 9 nitrogen and oxygen atoms in total. The molecule has 0 spiro atoms. The van der Waals surface area contributed by atoms with Crippen LogP contribution in [-0.2, 0) is 0 Å². The maximum absolute atomic E-state index is 14.3. The molecule has 2 aromatic carbocycles. The monoisotopic (exact) mass is 490 g/mol. The molecular formula is C26H27FN6O3. The summed E-state index contributed by atoms with van der Waals surface area (Å²) in [4.78, 5) is 23.6. The van der Waals surface area contributed by atoms with Gasteiger partial charge in [0.1, 0.15) is 0 Å². The van der Waals surface area contributed by atoms with Crippen LogP contribution in [0, 0.1) is 12.7 Å². The lowest BCUT2D eigenvalue weighted by molar-refractivity contribution is 0.0395. The Balaban J connectivity index is 1.39. The van der Waals surface area contributed by atoms with Gasteiger partial charge >= 0.3 is 0 Å². The normalized spacial score (nSPS) is 17.9. The zero-order valence-corrected chi connectivity index (χ0v) is 20.0. The first-order valence-corrected chi connectivity index (χ1v) is 11.6. The number of β-amino-alcohol motifs (C(OH)–C–C–N with tert-alkyl or cyclic N) is 1. The number of rotatable bonds is 5. The number of halogens is 1. The van der Waals surface area contributed by atoms with E-state index >= 15 is 0 Å². The topological polar surface area (TPSA) is 118 Å². The molecule has 0 unspecified atom stereocenters. The fraction of sp³-hybridized carbons (Fsp3) is 0.269. The Morgan fingerprint density at radius 1 is 1.25 bits per heavy atom. The van der Waals surface area contributed by atoms with Crippen LogP contribution in [0.3, 0.4) is 0 Å². The van der Waals surface area contributed by atoms with Gasteiger partial charge in [0.05, 0.1) is 25.1 Å². The van der Waals surface area contributed by atoms with Crippen LogP contribution in [0.1, 0.15) is 22.3 Å². The molecule has 36 heavy (non-hydrogen) atoms. The summed E-state index contributed by atoms with van der Waals surface area (Å²) >= 11 is 0. The second-order valence-corrected chi connectivity index (χ2v) is 8.89. The lowest BCUT2D eigenvalue weighted by Gasteiger charge is -2.34. The predicted molar refractivity (Wildman–Crippen MR) is 134 cm³/mol. The van der Waals surface area contributed by atoms with Crippen LogP contribution >= 0.6 is 0 Å². The third kappa shape index (κ3) is 4.36. The Bertz CT molecular complexity index is 1440. The van der Waals surface area contributed by atoms with E-state index in [0.29, 0.717) is 41.3 Å². The number of aryl methyl sites for hydroxylation is 1. The summed E-state index contributed by atoms with van der Waals surface area (Å²) in [6, 6.07) is 9.89. The smallest absolute Gasteiger partial charge is 0.254 e. The highest BCUT2D eigenvalue weighted by Gasteiger charge is 2.28. The van der Waals surface area contributed by atoms with Gasteiger partial charge in [-0.2, -0.15) is 0 Å². The van der Waals surface area contributed by atoms with Crippen molar-refractivity contribution in [2.75, 3.05) is 25.5 Å². The van der Waals surface area contributed by atoms with Gasteiger partial charge in [0.2, 0.25) is 0 Å². The van der Waals surface area contributed by atoms with Crippen LogP contribution in [0.4, 0.5) is 15.9 Å². The van der Waals surface area contributed by atoms with Crippen molar-refractivity contribution in [2.45, 2.75) is 25.5 Å². The quantitative estimate of drug-likeness (QED) is 0.393. The molecule has 0 aliphatic carbocycles. The average Bonchev–Trinajstić information content (AvgIpc) is 3.31. The first kappa shape index (κ1) is 23.7. The minimum absolute atomic E-state index is 0.130. The Morgan fingerprint density at radius 3 is 2.81 bits per heavy atom. The number of nitrogens with one attached hydrogen (secondary N) is 1. The summed E-state index contributed by atoms with van der Waals surface area (Å²) < 4.78 is 21.1. The molecule has 186 valence electrons. The molecule has 0 bridgehead atoms. The molecule has 1 saturated heterocycles. The van der Waals surface area contributed by atoms with Crippen molar-refractivity contribution in [1.82, 2.24) is 19.3 Å². The van der Waals surface area contributed by atoms with E-state index in [4.69, 9.17) is 10.5 Å². The predicted octanol–water partition coefficient (Wildman–Crippen LogP) is 3.13. The average molecular weight is 491 g/mol. The number of aliphatic hydroxyl groups is 1. The third-order valence-corrected chi connectivity index (χ3v) is 6.52. The molecule has 5 rings (SSSR count). The van der Waals surface area contributed by atoms with Gasteiger partial charge in [-0.25, -0.2) is 14.4 Å². The Kier molecular flexibility index (Phi) is 6.29. The highest BCUT2D eigenvalue weighted by atomic mass is 19.1. The number of amides is 1. The van der Waals surface area contributed by atoms with E-state index in [1.165, 1.54) is 13.2 Å². The van der Waals surface area contributed by atoms with Gasteiger partial charge in [-0.1, -0.05) is 0 Å². The van der Waals surface area contributed by atoms with Gasteiger partial charge in [-0.15, -0.1) is 0 Å². The highest BCUT2D eigenvalue weighted by Crippen LogP contribution is 2.29. The molecule has 0 radical (unpaired) electrons. The van der Waals surface area contributed by atoms with Gasteiger partial charge in [-0.3, -0.25) is 9.20 Å². The number of ether oxygens (including phenoxy) is 1. The number of hydrogen-bond donors (Lipinski definition) is 3. The van der Waals surface area contributed by atoms with E-state index in [1.807, 2.05) is 17.4 Å². The lowest BCUT2D eigenvalue weighted by atomic mass is 10.0. The number of hydrogen-bond acceptors (Lipinski definition) is 7. The van der Waals surface area contributed by atoms with E-state index in [1.54, 1.807) is 47.8 Å². The Hall–Kier alpha value is -4.02.